The molecule has 0 unspecified atom stereocenters. The van der Waals surface area contributed by atoms with Crippen LogP contribution in [0.3, 0.4) is 0 Å². The van der Waals surface area contributed by atoms with Crippen molar-refractivity contribution in [3.8, 4) is 126 Å². The van der Waals surface area contributed by atoms with Crippen molar-refractivity contribution in [3.05, 3.63) is 357 Å². The molecule has 18 aromatic rings. The fourth-order valence-corrected chi connectivity index (χ4v) is 12.3. The van der Waals surface area contributed by atoms with E-state index in [2.05, 4.69) is 69.9 Å². The van der Waals surface area contributed by atoms with E-state index >= 15 is 0 Å². The summed E-state index contributed by atoms with van der Waals surface area (Å²) in [4.78, 5) is 54.6. The first kappa shape index (κ1) is 87.2. The van der Waals surface area contributed by atoms with Crippen molar-refractivity contribution in [2.75, 3.05) is 14.2 Å². The quantitative estimate of drug-likeness (QED) is 0.0768. The van der Waals surface area contributed by atoms with Gasteiger partial charge in [0.25, 0.3) is 0 Å². The maximum atomic E-state index is 12.7. The molecule has 35 heteroatoms. The molecule has 0 aliphatic rings. The molecule has 0 fully saturated rings. The number of benzene rings is 5. The van der Waals surface area contributed by atoms with Gasteiger partial charge >= 0.3 is 24.7 Å². The van der Waals surface area contributed by atoms with E-state index in [0.29, 0.717) is 78.2 Å². The van der Waals surface area contributed by atoms with Crippen LogP contribution in [0.15, 0.2) is 330 Å². The summed E-state index contributed by atoms with van der Waals surface area (Å²) in [6.07, 6.45) is 7.92. The van der Waals surface area contributed by atoms with Gasteiger partial charge in [0.1, 0.15) is 46.3 Å². The third-order valence-electron chi connectivity index (χ3n) is 18.1. The molecule has 13 aromatic heterocycles. The van der Waals surface area contributed by atoms with Crippen LogP contribution in [0.5, 0.6) is 69.8 Å². The van der Waals surface area contributed by atoms with E-state index in [-0.39, 0.29) is 46.5 Å². The molecule has 5 aromatic carbocycles. The molecule has 636 valence electrons. The maximum absolute atomic E-state index is 12.7. The lowest BCUT2D eigenvalue weighted by atomic mass is 10.1. The molecule has 0 saturated heterocycles. The van der Waals surface area contributed by atoms with Crippen molar-refractivity contribution in [2.45, 2.75) is 24.7 Å². The molecule has 0 aliphatic carbocycles. The highest BCUT2D eigenvalue weighted by Crippen LogP contribution is 2.43. The Morgan fingerprint density at radius 2 is 0.661 bits per heavy atom. The van der Waals surface area contributed by atoms with Crippen LogP contribution in [0.4, 0.5) is 52.7 Å². The monoisotopic (exact) mass is 1750 g/mol. The van der Waals surface area contributed by atoms with Crippen molar-refractivity contribution in [2.24, 2.45) is 0 Å². The molecule has 0 bridgehead atoms. The predicted molar refractivity (Wildman–Crippen MR) is 445 cm³/mol. The first-order valence-electron chi connectivity index (χ1n) is 37.4. The Hall–Kier alpha value is -16.1. The Balaban J connectivity index is 0.000000129. The number of ether oxygens (including phenoxy) is 7. The molecule has 18 rings (SSSR count). The van der Waals surface area contributed by atoms with Crippen molar-refractivity contribution in [1.29, 1.82) is 0 Å². The number of fused-ring (bicyclic) bond motifs is 3. The Bertz CT molecular complexity index is 6580. The van der Waals surface area contributed by atoms with E-state index in [1.54, 1.807) is 171 Å². The summed E-state index contributed by atoms with van der Waals surface area (Å²) >= 11 is 5.89. The summed E-state index contributed by atoms with van der Waals surface area (Å²) in [5, 5.41) is 4.95. The topological polar surface area (TPSA) is 249 Å². The van der Waals surface area contributed by atoms with Crippen molar-refractivity contribution < 1.29 is 85.8 Å². The lowest BCUT2D eigenvalue weighted by molar-refractivity contribution is -0.138. The second-order valence-corrected chi connectivity index (χ2v) is 26.7. The highest BCUT2D eigenvalue weighted by Gasteiger charge is 2.34. The fraction of sp³-hybridized carbons (Fsp3) is 0.0652. The minimum absolute atomic E-state index is 0.204. The minimum atomic E-state index is -4.40. The molecule has 0 radical (unpaired) electrons. The molecular formula is C92H60ClF12N15O7. The zero-order valence-corrected chi connectivity index (χ0v) is 66.4. The van der Waals surface area contributed by atoms with Crippen LogP contribution in [-0.2, 0) is 24.7 Å². The molecule has 0 amide bonds. The predicted octanol–water partition coefficient (Wildman–Crippen LogP) is 24.6. The molecule has 0 spiro atoms. The highest BCUT2D eigenvalue weighted by atomic mass is 35.5. The summed E-state index contributed by atoms with van der Waals surface area (Å²) in [6, 6.07) is 57.5. The van der Waals surface area contributed by atoms with Crippen LogP contribution in [0, 0.1) is 0 Å². The van der Waals surface area contributed by atoms with Gasteiger partial charge < -0.3 is 33.2 Å². The molecule has 0 N–H and O–H groups in total. The van der Waals surface area contributed by atoms with E-state index in [1.807, 2.05) is 54.6 Å². The largest absolute Gasteiger partial charge is 0.496 e. The van der Waals surface area contributed by atoms with E-state index in [9.17, 15) is 52.7 Å². The lowest BCUT2D eigenvalue weighted by Gasteiger charge is -2.12. The van der Waals surface area contributed by atoms with Gasteiger partial charge in [0, 0.05) is 119 Å². The SMILES string of the molecule is COc1ccncc1-c1cccnc1Oc1ccc(Cl)cc1.COc1ncncc1-c1cccnc1Oc1ccc(C(F)(F)F)cc1.FC(F)(F)c1ccc(Oc2ncccc2-c2cccc3ccnn23)cc1.FC(F)(F)c1ccc(Oc2ncccc2-c2ccnc3cccnc23)cc1.FC(F)(F)c1ccc(Oc2ncccc2-c2cncc3nccnc23)cc1. The Kier molecular flexibility index (Phi) is 27.0. The van der Waals surface area contributed by atoms with Crippen LogP contribution in [0.2, 0.25) is 5.02 Å². The smallest absolute Gasteiger partial charge is 0.416 e. The van der Waals surface area contributed by atoms with Gasteiger partial charge in [0.2, 0.25) is 35.3 Å². The van der Waals surface area contributed by atoms with Crippen LogP contribution < -0.4 is 33.2 Å². The van der Waals surface area contributed by atoms with Crippen molar-refractivity contribution >= 4 is 39.2 Å². The maximum Gasteiger partial charge on any atom is 0.416 e. The summed E-state index contributed by atoms with van der Waals surface area (Å²) in [5.41, 5.74) is 7.49. The molecule has 13 heterocycles. The summed E-state index contributed by atoms with van der Waals surface area (Å²) in [5.74, 6) is 4.18. The number of rotatable bonds is 17. The molecule has 127 heavy (non-hydrogen) atoms. The number of pyridine rings is 10. The lowest BCUT2D eigenvalue weighted by Crippen LogP contribution is -2.04. The van der Waals surface area contributed by atoms with E-state index in [4.69, 9.17) is 44.8 Å². The molecule has 0 saturated carbocycles. The normalized spacial score (nSPS) is 11.3. The fourth-order valence-electron chi connectivity index (χ4n) is 12.2. The van der Waals surface area contributed by atoms with Crippen LogP contribution in [0.1, 0.15) is 22.3 Å². The molecule has 22 nitrogen and oxygen atoms in total. The number of nitrogens with zero attached hydrogens (tertiary/aromatic N) is 15. The minimum Gasteiger partial charge on any atom is -0.496 e. The zero-order valence-electron chi connectivity index (χ0n) is 65.7. The van der Waals surface area contributed by atoms with Gasteiger partial charge in [-0.2, -0.15) is 57.8 Å². The number of aromatic nitrogens is 15. The number of hydrogen-bond acceptors (Lipinski definition) is 21. The van der Waals surface area contributed by atoms with Crippen LogP contribution in [0.25, 0.3) is 83.3 Å². The Morgan fingerprint density at radius 1 is 0.268 bits per heavy atom. The van der Waals surface area contributed by atoms with E-state index in [1.165, 1.54) is 74.4 Å². The van der Waals surface area contributed by atoms with Gasteiger partial charge in [-0.1, -0.05) is 17.7 Å². The van der Waals surface area contributed by atoms with Gasteiger partial charge in [0.05, 0.1) is 93.3 Å². The van der Waals surface area contributed by atoms with Crippen molar-refractivity contribution in [3.63, 3.8) is 0 Å². The second-order valence-electron chi connectivity index (χ2n) is 26.3. The van der Waals surface area contributed by atoms with Crippen LogP contribution >= 0.6 is 11.6 Å². The van der Waals surface area contributed by atoms with Crippen LogP contribution in [-0.4, -0.2) is 88.6 Å². The average molecular weight is 1750 g/mol. The van der Waals surface area contributed by atoms with Gasteiger partial charge in [-0.25, -0.2) is 39.4 Å². The van der Waals surface area contributed by atoms with E-state index in [0.717, 1.165) is 81.9 Å². The third-order valence-corrected chi connectivity index (χ3v) is 18.3. The van der Waals surface area contributed by atoms with Gasteiger partial charge in [-0.05, 0) is 224 Å². The van der Waals surface area contributed by atoms with E-state index < -0.39 is 47.0 Å². The standard InChI is InChI=1S/C20H12F3N3O.C19H11F3N4O.C19H12F3N3O.C17H13ClN2O2.C17H12F3N3O2/c21-20(22,23)13-5-7-14(8-6-13)27-19-16(3-1-11-26-19)15-9-12-24-17-4-2-10-25-18(15)17;20-19(21,22)12-3-5-13(6-4-12)27-18-14(2-1-7-26-18)15-10-23-11-16-17(15)25-9-8-24-16;20-19(21,22)13-6-8-15(9-7-13)26-18-16(4-2-11-23-18)17-5-1-3-14-10-12-24-25(14)17;1-21-16-8-10-19-11-15(16)14-3-2-9-20-17(14)22-13-6-4-12(18)5-7-13;1-24-15-14(9-21-10-23-15)13-3-2-8-22-16(13)25-12-6-4-11(5-7-12)17(18,19)20/h1-12H;1-11H;1-12H;2-11H,1H3;2-10H,1H3. The third kappa shape index (κ3) is 22.0. The zero-order chi connectivity index (χ0) is 89.1. The second kappa shape index (κ2) is 39.4. The Morgan fingerprint density at radius 3 is 1.14 bits per heavy atom. The van der Waals surface area contributed by atoms with Gasteiger partial charge in [-0.3, -0.25) is 29.9 Å². The number of methoxy groups -OCH3 is 2. The summed E-state index contributed by atoms with van der Waals surface area (Å²) in [6.45, 7) is 0. The van der Waals surface area contributed by atoms with Gasteiger partial charge in [-0.15, -0.1) is 0 Å². The Labute approximate surface area is 717 Å². The summed E-state index contributed by atoms with van der Waals surface area (Å²) < 4.78 is 193. The van der Waals surface area contributed by atoms with Crippen molar-refractivity contribution in [1.82, 2.24) is 74.4 Å². The molecule has 0 aliphatic heterocycles. The number of alkyl halides is 12. The first-order chi connectivity index (χ1) is 61.3. The summed E-state index contributed by atoms with van der Waals surface area (Å²) in [7, 11) is 3.09. The highest BCUT2D eigenvalue weighted by molar-refractivity contribution is 6.30. The number of hydrogen-bond donors (Lipinski definition) is 0. The number of halogens is 13. The van der Waals surface area contributed by atoms with Gasteiger partial charge in [0.15, 0.2) is 0 Å². The average Bonchev–Trinajstić information content (AvgIpc) is 1.49. The molecule has 0 atom stereocenters. The molecular weight excluding hydrogens is 1690 g/mol. The first-order valence-corrected chi connectivity index (χ1v) is 37.8.